The van der Waals surface area contributed by atoms with Gasteiger partial charge in [0.05, 0.1) is 4.90 Å². The van der Waals surface area contributed by atoms with Gasteiger partial charge in [-0.25, -0.2) is 8.42 Å². The summed E-state index contributed by atoms with van der Waals surface area (Å²) in [7, 11) is -3.70. The SMILES string of the molecule is CC(C)c1ccc(NS(=O)(=O)c2ccc(N3CCNCC3)c3ccccc23)cc1.Cl. The molecule has 4 rings (SSSR count). The molecule has 160 valence electrons. The van der Waals surface area contributed by atoms with E-state index >= 15 is 0 Å². The van der Waals surface area contributed by atoms with Crippen LogP contribution in [0.2, 0.25) is 0 Å². The summed E-state index contributed by atoms with van der Waals surface area (Å²) in [5.41, 5.74) is 2.84. The molecular formula is C23H28ClN3O2S. The van der Waals surface area contributed by atoms with Gasteiger partial charge in [0.1, 0.15) is 0 Å². The predicted octanol–water partition coefficient (Wildman–Crippen LogP) is 4.60. The fourth-order valence-corrected chi connectivity index (χ4v) is 5.09. The number of benzene rings is 3. The average molecular weight is 446 g/mol. The highest BCUT2D eigenvalue weighted by Crippen LogP contribution is 2.33. The van der Waals surface area contributed by atoms with E-state index in [0.29, 0.717) is 16.5 Å². The molecule has 1 saturated heterocycles. The van der Waals surface area contributed by atoms with E-state index in [-0.39, 0.29) is 12.4 Å². The van der Waals surface area contributed by atoms with Crippen LogP contribution in [0.3, 0.4) is 0 Å². The van der Waals surface area contributed by atoms with Crippen molar-refractivity contribution in [2.45, 2.75) is 24.7 Å². The largest absolute Gasteiger partial charge is 0.368 e. The van der Waals surface area contributed by atoms with Crippen LogP contribution < -0.4 is 14.9 Å². The maximum atomic E-state index is 13.2. The first-order valence-corrected chi connectivity index (χ1v) is 11.5. The van der Waals surface area contributed by atoms with E-state index in [9.17, 15) is 8.42 Å². The second kappa shape index (κ2) is 9.25. The summed E-state index contributed by atoms with van der Waals surface area (Å²) in [6, 6.07) is 19.0. The van der Waals surface area contributed by atoms with E-state index in [1.807, 2.05) is 54.6 Å². The standard InChI is InChI=1S/C23H27N3O2S.ClH/c1-17(2)18-7-9-19(10-8-18)25-29(27,28)23-12-11-22(26-15-13-24-14-16-26)20-5-3-4-6-21(20)23;/h3-12,17,24-25H,13-16H2,1-2H3;1H. The number of nitrogens with one attached hydrogen (secondary N) is 2. The lowest BCUT2D eigenvalue weighted by molar-refractivity contribution is 0.590. The Morgan fingerprint density at radius 1 is 0.900 bits per heavy atom. The van der Waals surface area contributed by atoms with Crippen molar-refractivity contribution in [3.63, 3.8) is 0 Å². The van der Waals surface area contributed by atoms with Crippen LogP contribution in [0, 0.1) is 0 Å². The van der Waals surface area contributed by atoms with Gasteiger partial charge in [0.2, 0.25) is 0 Å². The van der Waals surface area contributed by atoms with Gasteiger partial charge >= 0.3 is 0 Å². The Morgan fingerprint density at radius 2 is 1.53 bits per heavy atom. The van der Waals surface area contributed by atoms with E-state index in [1.165, 1.54) is 5.56 Å². The number of sulfonamides is 1. The van der Waals surface area contributed by atoms with Crippen LogP contribution in [-0.2, 0) is 10.0 Å². The van der Waals surface area contributed by atoms with Crippen molar-refractivity contribution in [2.75, 3.05) is 35.8 Å². The van der Waals surface area contributed by atoms with E-state index in [4.69, 9.17) is 0 Å². The number of fused-ring (bicyclic) bond motifs is 1. The van der Waals surface area contributed by atoms with Gasteiger partial charge in [-0.2, -0.15) is 0 Å². The average Bonchev–Trinajstić information content (AvgIpc) is 2.73. The molecule has 3 aromatic rings. The van der Waals surface area contributed by atoms with E-state index in [0.717, 1.165) is 42.6 Å². The van der Waals surface area contributed by atoms with Crippen LogP contribution in [0.15, 0.2) is 65.6 Å². The van der Waals surface area contributed by atoms with Gasteiger partial charge in [-0.15, -0.1) is 12.4 Å². The van der Waals surface area contributed by atoms with Gasteiger partial charge in [-0.05, 0) is 35.7 Å². The van der Waals surface area contributed by atoms with Gasteiger partial charge in [0, 0.05) is 48.3 Å². The van der Waals surface area contributed by atoms with Crippen molar-refractivity contribution in [1.82, 2.24) is 5.32 Å². The fraction of sp³-hybridized carbons (Fsp3) is 0.304. The van der Waals surface area contributed by atoms with E-state index in [2.05, 4.69) is 28.8 Å². The highest BCUT2D eigenvalue weighted by atomic mass is 35.5. The molecule has 0 aromatic heterocycles. The lowest BCUT2D eigenvalue weighted by Gasteiger charge is -2.30. The summed E-state index contributed by atoms with van der Waals surface area (Å²) in [6.07, 6.45) is 0. The fourth-order valence-electron chi connectivity index (χ4n) is 3.82. The molecule has 0 spiro atoms. The van der Waals surface area contributed by atoms with Crippen molar-refractivity contribution in [3.8, 4) is 0 Å². The molecule has 30 heavy (non-hydrogen) atoms. The van der Waals surface area contributed by atoms with Crippen LogP contribution in [0.1, 0.15) is 25.3 Å². The molecule has 7 heteroatoms. The molecule has 0 amide bonds. The number of nitrogens with zero attached hydrogens (tertiary/aromatic N) is 1. The minimum Gasteiger partial charge on any atom is -0.368 e. The Labute approximate surface area is 184 Å². The van der Waals surface area contributed by atoms with E-state index < -0.39 is 10.0 Å². The van der Waals surface area contributed by atoms with Crippen LogP contribution in [0.25, 0.3) is 10.8 Å². The summed E-state index contributed by atoms with van der Waals surface area (Å²) < 4.78 is 29.1. The summed E-state index contributed by atoms with van der Waals surface area (Å²) in [5, 5.41) is 5.07. The van der Waals surface area contributed by atoms with Gasteiger partial charge in [-0.3, -0.25) is 4.72 Å². The third kappa shape index (κ3) is 4.56. The van der Waals surface area contributed by atoms with Gasteiger partial charge in [0.25, 0.3) is 10.0 Å². The minimum atomic E-state index is -3.70. The zero-order chi connectivity index (χ0) is 20.4. The summed E-state index contributed by atoms with van der Waals surface area (Å²) in [5.74, 6) is 0.405. The second-order valence-corrected chi connectivity index (χ2v) is 9.40. The first-order valence-electron chi connectivity index (χ1n) is 10.1. The number of halogens is 1. The molecule has 2 N–H and O–H groups in total. The molecule has 0 radical (unpaired) electrons. The highest BCUT2D eigenvalue weighted by molar-refractivity contribution is 7.93. The van der Waals surface area contributed by atoms with Crippen LogP contribution in [0.4, 0.5) is 11.4 Å². The summed E-state index contributed by atoms with van der Waals surface area (Å²) in [6.45, 7) is 7.92. The first kappa shape index (κ1) is 22.4. The maximum absolute atomic E-state index is 13.2. The number of rotatable bonds is 5. The molecule has 5 nitrogen and oxygen atoms in total. The first-order chi connectivity index (χ1) is 14.0. The van der Waals surface area contributed by atoms with Crippen LogP contribution in [-0.4, -0.2) is 34.6 Å². The maximum Gasteiger partial charge on any atom is 0.262 e. The van der Waals surface area contributed by atoms with Crippen molar-refractivity contribution in [1.29, 1.82) is 0 Å². The molecular weight excluding hydrogens is 418 g/mol. The molecule has 0 unspecified atom stereocenters. The van der Waals surface area contributed by atoms with Gasteiger partial charge in [-0.1, -0.05) is 50.2 Å². The quantitative estimate of drug-likeness (QED) is 0.602. The molecule has 1 heterocycles. The third-order valence-electron chi connectivity index (χ3n) is 5.44. The highest BCUT2D eigenvalue weighted by Gasteiger charge is 2.21. The second-order valence-electron chi connectivity index (χ2n) is 7.75. The minimum absolute atomic E-state index is 0. The predicted molar refractivity (Wildman–Crippen MR) is 128 cm³/mol. The van der Waals surface area contributed by atoms with Gasteiger partial charge < -0.3 is 10.2 Å². The lowest BCUT2D eigenvalue weighted by Crippen LogP contribution is -2.43. The topological polar surface area (TPSA) is 61.4 Å². The Bertz CT molecular complexity index is 1110. The molecule has 0 aliphatic carbocycles. The molecule has 0 saturated carbocycles. The Balaban J connectivity index is 0.00000256. The zero-order valence-electron chi connectivity index (χ0n) is 17.3. The van der Waals surface area contributed by atoms with Crippen LogP contribution in [0.5, 0.6) is 0 Å². The van der Waals surface area contributed by atoms with Crippen molar-refractivity contribution >= 4 is 44.6 Å². The molecule has 0 atom stereocenters. The Hall–Kier alpha value is -2.28. The number of hydrogen-bond acceptors (Lipinski definition) is 4. The molecule has 1 aliphatic heterocycles. The molecule has 1 aliphatic rings. The third-order valence-corrected chi connectivity index (χ3v) is 6.88. The smallest absolute Gasteiger partial charge is 0.262 e. The Morgan fingerprint density at radius 3 is 2.17 bits per heavy atom. The summed E-state index contributed by atoms with van der Waals surface area (Å²) in [4.78, 5) is 2.62. The lowest BCUT2D eigenvalue weighted by atomic mass is 10.0. The normalized spacial score (nSPS) is 14.6. The van der Waals surface area contributed by atoms with E-state index in [1.54, 1.807) is 6.07 Å². The van der Waals surface area contributed by atoms with Crippen molar-refractivity contribution < 1.29 is 8.42 Å². The number of piperazine rings is 1. The van der Waals surface area contributed by atoms with Crippen LogP contribution >= 0.6 is 12.4 Å². The Kier molecular flexibility index (Phi) is 6.91. The van der Waals surface area contributed by atoms with Gasteiger partial charge in [0.15, 0.2) is 0 Å². The van der Waals surface area contributed by atoms with Crippen molar-refractivity contribution in [2.24, 2.45) is 0 Å². The molecule has 3 aromatic carbocycles. The molecule has 0 bridgehead atoms. The zero-order valence-corrected chi connectivity index (χ0v) is 18.9. The van der Waals surface area contributed by atoms with Crippen molar-refractivity contribution in [3.05, 3.63) is 66.2 Å². The monoisotopic (exact) mass is 445 g/mol. The summed E-state index contributed by atoms with van der Waals surface area (Å²) >= 11 is 0. The molecule has 1 fully saturated rings. The number of anilines is 2. The number of hydrogen-bond donors (Lipinski definition) is 2.